The first-order valence-electron chi connectivity index (χ1n) is 10.1. The number of hydrazone groups is 1. The highest BCUT2D eigenvalue weighted by Crippen LogP contribution is 2.27. The molecule has 1 aliphatic heterocycles. The molecule has 1 saturated heterocycles. The summed E-state index contributed by atoms with van der Waals surface area (Å²) in [5.41, 5.74) is 5.71. The van der Waals surface area contributed by atoms with Crippen molar-refractivity contribution in [3.8, 4) is 11.3 Å². The van der Waals surface area contributed by atoms with Gasteiger partial charge in [-0.2, -0.15) is 5.10 Å². The smallest absolute Gasteiger partial charge is 0.335 e. The van der Waals surface area contributed by atoms with Crippen LogP contribution in [0.25, 0.3) is 11.3 Å². The van der Waals surface area contributed by atoms with Gasteiger partial charge in [-0.1, -0.05) is 12.1 Å². The summed E-state index contributed by atoms with van der Waals surface area (Å²) in [6, 6.07) is 16.0. The number of furan rings is 1. The molecule has 0 spiro atoms. The van der Waals surface area contributed by atoms with E-state index in [1.54, 1.807) is 49.4 Å². The number of nitrogens with one attached hydrogen (secondary N) is 1. The van der Waals surface area contributed by atoms with Crippen molar-refractivity contribution in [1.29, 1.82) is 0 Å². The van der Waals surface area contributed by atoms with Crippen LogP contribution in [0, 0.1) is 6.92 Å². The monoisotopic (exact) mass is 417 g/mol. The molecule has 1 aromatic heterocycles. The first kappa shape index (κ1) is 20.4. The predicted octanol–water partition coefficient (Wildman–Crippen LogP) is 4.32. The number of carbonyl (C=O) groups is 2. The van der Waals surface area contributed by atoms with Gasteiger partial charge in [0.2, 0.25) is 0 Å². The van der Waals surface area contributed by atoms with E-state index in [1.807, 2.05) is 12.1 Å². The molecule has 158 valence electrons. The van der Waals surface area contributed by atoms with E-state index in [0.29, 0.717) is 28.2 Å². The second kappa shape index (κ2) is 8.87. The molecule has 1 amide bonds. The third kappa shape index (κ3) is 4.50. The summed E-state index contributed by atoms with van der Waals surface area (Å²) in [6.45, 7) is 3.85. The summed E-state index contributed by atoms with van der Waals surface area (Å²) in [5.74, 6) is -0.310. The van der Waals surface area contributed by atoms with Crippen LogP contribution in [0.1, 0.15) is 44.9 Å². The van der Waals surface area contributed by atoms with Gasteiger partial charge in [0.15, 0.2) is 0 Å². The van der Waals surface area contributed by atoms with Gasteiger partial charge in [0.05, 0.1) is 11.8 Å². The lowest BCUT2D eigenvalue weighted by Crippen LogP contribution is -2.19. The zero-order valence-electron chi connectivity index (χ0n) is 17.2. The fourth-order valence-corrected chi connectivity index (χ4v) is 3.72. The molecule has 0 unspecified atom stereocenters. The fraction of sp³-hybridized carbons (Fsp3) is 0.208. The third-order valence-electron chi connectivity index (χ3n) is 5.42. The Morgan fingerprint density at radius 2 is 1.81 bits per heavy atom. The van der Waals surface area contributed by atoms with Crippen LogP contribution in [0.3, 0.4) is 0 Å². The molecule has 0 radical (unpaired) electrons. The Balaban J connectivity index is 1.40. The highest BCUT2D eigenvalue weighted by molar-refractivity contribution is 5.95. The number of hydrogen-bond acceptors (Lipinski definition) is 5. The van der Waals surface area contributed by atoms with Crippen LogP contribution in [-0.2, 0) is 0 Å². The number of nitrogens with zero attached hydrogens (tertiary/aromatic N) is 2. The summed E-state index contributed by atoms with van der Waals surface area (Å²) < 4.78 is 5.75. The van der Waals surface area contributed by atoms with Crippen LogP contribution >= 0.6 is 0 Å². The van der Waals surface area contributed by atoms with Crippen LogP contribution < -0.4 is 10.3 Å². The Morgan fingerprint density at radius 1 is 1.06 bits per heavy atom. The van der Waals surface area contributed by atoms with E-state index in [9.17, 15) is 14.7 Å². The van der Waals surface area contributed by atoms with Gasteiger partial charge in [0.1, 0.15) is 11.5 Å². The molecule has 2 N–H and O–H groups in total. The molecular weight excluding hydrogens is 394 g/mol. The lowest BCUT2D eigenvalue weighted by Gasteiger charge is -2.17. The van der Waals surface area contributed by atoms with E-state index in [0.717, 1.165) is 18.8 Å². The minimum absolute atomic E-state index is 0.229. The van der Waals surface area contributed by atoms with Gasteiger partial charge in [-0.05, 0) is 67.8 Å². The van der Waals surface area contributed by atoms with Gasteiger partial charge in [-0.25, -0.2) is 10.2 Å². The molecule has 2 heterocycles. The van der Waals surface area contributed by atoms with E-state index in [2.05, 4.69) is 15.4 Å². The average Bonchev–Trinajstić information content (AvgIpc) is 3.46. The Kier molecular flexibility index (Phi) is 5.84. The molecule has 7 heteroatoms. The number of rotatable bonds is 6. The summed E-state index contributed by atoms with van der Waals surface area (Å²) >= 11 is 0. The van der Waals surface area contributed by atoms with E-state index in [-0.39, 0.29) is 11.5 Å². The highest BCUT2D eigenvalue weighted by Gasteiger charge is 2.14. The zero-order valence-corrected chi connectivity index (χ0v) is 17.2. The van der Waals surface area contributed by atoms with Gasteiger partial charge < -0.3 is 14.4 Å². The molecule has 0 saturated carbocycles. The number of carboxylic acids is 1. The Morgan fingerprint density at radius 3 is 2.52 bits per heavy atom. The molecule has 31 heavy (non-hydrogen) atoms. The Bertz CT molecular complexity index is 1130. The van der Waals surface area contributed by atoms with Crippen LogP contribution in [0.5, 0.6) is 0 Å². The number of carboxylic acid groups (broad SMARTS) is 1. The molecule has 0 atom stereocenters. The largest absolute Gasteiger partial charge is 0.478 e. The van der Waals surface area contributed by atoms with Crippen LogP contribution in [0.4, 0.5) is 5.69 Å². The maximum atomic E-state index is 12.3. The molecular formula is C24H23N3O4. The second-order valence-corrected chi connectivity index (χ2v) is 7.43. The Hall–Kier alpha value is -3.87. The van der Waals surface area contributed by atoms with Crippen molar-refractivity contribution in [2.45, 2.75) is 19.8 Å². The van der Waals surface area contributed by atoms with Gasteiger partial charge >= 0.3 is 5.97 Å². The molecule has 1 fully saturated rings. The molecule has 3 aromatic rings. The normalized spacial score (nSPS) is 13.6. The van der Waals surface area contributed by atoms with E-state index in [1.165, 1.54) is 19.1 Å². The SMILES string of the molecule is Cc1c(C(=O)O)cccc1-c1ccc(/C=N\NC(=O)c2ccc(N3CCCC3)cc2)o1. The van der Waals surface area contributed by atoms with Crippen molar-refractivity contribution >= 4 is 23.8 Å². The minimum Gasteiger partial charge on any atom is -0.478 e. The summed E-state index contributed by atoms with van der Waals surface area (Å²) in [4.78, 5) is 25.9. The van der Waals surface area contributed by atoms with E-state index >= 15 is 0 Å². The van der Waals surface area contributed by atoms with Crippen molar-refractivity contribution in [2.75, 3.05) is 18.0 Å². The number of benzene rings is 2. The van der Waals surface area contributed by atoms with Gasteiger partial charge in [0.25, 0.3) is 5.91 Å². The lowest BCUT2D eigenvalue weighted by molar-refractivity contribution is 0.0696. The molecule has 4 rings (SSSR count). The van der Waals surface area contributed by atoms with Crippen molar-refractivity contribution in [2.24, 2.45) is 5.10 Å². The summed E-state index contributed by atoms with van der Waals surface area (Å²) in [6.07, 6.45) is 3.82. The summed E-state index contributed by atoms with van der Waals surface area (Å²) in [7, 11) is 0. The van der Waals surface area contributed by atoms with Gasteiger partial charge in [-0.15, -0.1) is 0 Å². The summed E-state index contributed by atoms with van der Waals surface area (Å²) in [5, 5.41) is 13.3. The average molecular weight is 417 g/mol. The van der Waals surface area contributed by atoms with Gasteiger partial charge in [-0.3, -0.25) is 4.79 Å². The molecule has 1 aliphatic rings. The predicted molar refractivity (Wildman–Crippen MR) is 119 cm³/mol. The topological polar surface area (TPSA) is 95.1 Å². The standard InChI is InChI=1S/C24H23N3O4/c1-16-20(5-4-6-21(16)24(29)30)22-12-11-19(31-22)15-25-26-23(28)17-7-9-18(10-8-17)27-13-2-3-14-27/h4-12,15H,2-3,13-14H2,1H3,(H,26,28)(H,29,30)/b25-15-. The van der Waals surface area contributed by atoms with Crippen molar-refractivity contribution in [3.63, 3.8) is 0 Å². The first-order chi connectivity index (χ1) is 15.0. The maximum absolute atomic E-state index is 12.3. The fourth-order valence-electron chi connectivity index (χ4n) is 3.72. The number of anilines is 1. The molecule has 2 aromatic carbocycles. The van der Waals surface area contributed by atoms with Crippen LogP contribution in [-0.4, -0.2) is 36.3 Å². The van der Waals surface area contributed by atoms with Crippen molar-refractivity contribution < 1.29 is 19.1 Å². The second-order valence-electron chi connectivity index (χ2n) is 7.43. The number of aromatic carboxylic acids is 1. The molecule has 0 bridgehead atoms. The zero-order chi connectivity index (χ0) is 21.8. The third-order valence-corrected chi connectivity index (χ3v) is 5.42. The number of carbonyl (C=O) groups excluding carboxylic acids is 1. The Labute approximate surface area is 180 Å². The minimum atomic E-state index is -0.983. The van der Waals surface area contributed by atoms with Gasteiger partial charge in [0, 0.05) is 29.9 Å². The molecule has 7 nitrogen and oxygen atoms in total. The first-order valence-corrected chi connectivity index (χ1v) is 10.1. The number of amides is 1. The number of hydrogen-bond donors (Lipinski definition) is 2. The van der Waals surface area contributed by atoms with Crippen LogP contribution in [0.15, 0.2) is 64.1 Å². The lowest BCUT2D eigenvalue weighted by atomic mass is 10.0. The van der Waals surface area contributed by atoms with E-state index < -0.39 is 5.97 Å². The highest BCUT2D eigenvalue weighted by atomic mass is 16.4. The van der Waals surface area contributed by atoms with E-state index in [4.69, 9.17) is 4.42 Å². The molecule has 0 aliphatic carbocycles. The van der Waals surface area contributed by atoms with Crippen molar-refractivity contribution in [3.05, 3.63) is 77.0 Å². The maximum Gasteiger partial charge on any atom is 0.335 e. The van der Waals surface area contributed by atoms with Crippen molar-refractivity contribution in [1.82, 2.24) is 5.43 Å². The van der Waals surface area contributed by atoms with Crippen LogP contribution in [0.2, 0.25) is 0 Å². The quantitative estimate of drug-likeness (QED) is 0.460.